The van der Waals surface area contributed by atoms with Crippen LogP contribution in [0.3, 0.4) is 0 Å². The van der Waals surface area contributed by atoms with Gasteiger partial charge in [-0.3, -0.25) is 14.9 Å². The van der Waals surface area contributed by atoms with Crippen LogP contribution in [-0.4, -0.2) is 72.1 Å². The van der Waals surface area contributed by atoms with E-state index in [1.54, 1.807) is 63.2 Å². The van der Waals surface area contributed by atoms with Crippen LogP contribution in [-0.2, 0) is 19.1 Å². The van der Waals surface area contributed by atoms with Gasteiger partial charge < -0.3 is 30.3 Å². The van der Waals surface area contributed by atoms with E-state index in [0.29, 0.717) is 11.3 Å². The summed E-state index contributed by atoms with van der Waals surface area (Å²) in [4.78, 5) is 48.6. The Morgan fingerprint density at radius 1 is 0.889 bits per heavy atom. The maximum absolute atomic E-state index is 12.7. The minimum atomic E-state index is -1.36. The van der Waals surface area contributed by atoms with E-state index in [1.165, 1.54) is 6.07 Å². The largest absolute Gasteiger partial charge is 0.467 e. The molecular weight excluding hydrogens is 470 g/mol. The highest BCUT2D eigenvalue weighted by Gasteiger charge is 2.26. The summed E-state index contributed by atoms with van der Waals surface area (Å²) >= 11 is 0. The summed E-state index contributed by atoms with van der Waals surface area (Å²) < 4.78 is 9.70. The Morgan fingerprint density at radius 2 is 1.53 bits per heavy atom. The number of hydrogen-bond acceptors (Lipinski definition) is 8. The van der Waals surface area contributed by atoms with E-state index in [9.17, 15) is 29.4 Å². The zero-order valence-electron chi connectivity index (χ0n) is 20.5. The number of ether oxygens (including phenoxy) is 2. The molecule has 11 heteroatoms. The van der Waals surface area contributed by atoms with Gasteiger partial charge in [0.15, 0.2) is 6.04 Å². The number of aliphatic hydroxyl groups excluding tert-OH is 2. The Labute approximate surface area is 208 Å². The fourth-order valence-corrected chi connectivity index (χ4v) is 3.04. The van der Waals surface area contributed by atoms with Crippen molar-refractivity contribution in [2.45, 2.75) is 38.5 Å². The third-order valence-electron chi connectivity index (χ3n) is 4.78. The number of amides is 3. The summed E-state index contributed by atoms with van der Waals surface area (Å²) in [6.07, 6.45) is -0.576. The van der Waals surface area contributed by atoms with Gasteiger partial charge in [-0.2, -0.15) is 0 Å². The number of carbonyl (C=O) groups is 4. The average molecular weight is 502 g/mol. The van der Waals surface area contributed by atoms with Crippen LogP contribution in [0, 0.1) is 0 Å². The smallest absolute Gasteiger partial charge is 0.412 e. The second-order valence-electron chi connectivity index (χ2n) is 8.76. The van der Waals surface area contributed by atoms with Crippen LogP contribution in [0.15, 0.2) is 48.5 Å². The molecule has 0 aliphatic heterocycles. The number of anilines is 1. The Balaban J connectivity index is 2.08. The molecule has 3 amide bonds. The lowest BCUT2D eigenvalue weighted by molar-refractivity contribution is -0.146. The van der Waals surface area contributed by atoms with Crippen LogP contribution >= 0.6 is 0 Å². The van der Waals surface area contributed by atoms with Crippen molar-refractivity contribution in [1.29, 1.82) is 0 Å². The number of nitrogens with one attached hydrogen (secondary N) is 3. The van der Waals surface area contributed by atoms with Gasteiger partial charge in [0.25, 0.3) is 5.91 Å². The molecule has 194 valence electrons. The number of carbonyl (C=O) groups excluding carboxylic acids is 4. The van der Waals surface area contributed by atoms with Crippen molar-refractivity contribution in [2.24, 2.45) is 0 Å². The lowest BCUT2D eigenvalue weighted by Gasteiger charge is -2.20. The molecule has 0 aliphatic carbocycles. The number of hydrogen-bond donors (Lipinski definition) is 5. The number of aliphatic hydroxyl groups is 2. The molecule has 2 atom stereocenters. The van der Waals surface area contributed by atoms with Crippen molar-refractivity contribution < 1.29 is 38.9 Å². The molecule has 0 saturated carbocycles. The summed E-state index contributed by atoms with van der Waals surface area (Å²) in [6, 6.07) is 10.8. The van der Waals surface area contributed by atoms with E-state index < -0.39 is 54.8 Å². The Kier molecular flexibility index (Phi) is 9.94. The number of benzene rings is 2. The highest BCUT2D eigenvalue weighted by atomic mass is 16.6. The standard InChI is InChI=1S/C25H31N3O8/c1-25(2,3)36-24(34)26-18-10-8-15(9-11-18)16-6-5-7-17(12-16)21(31)27-19(13-29)22(32)28-20(14-30)23(33)35-4/h5-12,19-20,29-30H,13-14H2,1-4H3,(H,26,34)(H,27,31)(H,28,32)/t19-,20-/m0/s1. The zero-order valence-corrected chi connectivity index (χ0v) is 20.5. The lowest BCUT2D eigenvalue weighted by Crippen LogP contribution is -2.54. The van der Waals surface area contributed by atoms with E-state index in [2.05, 4.69) is 20.7 Å². The monoisotopic (exact) mass is 501 g/mol. The number of methoxy groups -OCH3 is 1. The maximum Gasteiger partial charge on any atom is 0.412 e. The van der Waals surface area contributed by atoms with Crippen LogP contribution in [0.25, 0.3) is 11.1 Å². The molecule has 0 unspecified atom stereocenters. The van der Waals surface area contributed by atoms with Gasteiger partial charge in [0.1, 0.15) is 11.6 Å². The van der Waals surface area contributed by atoms with Crippen molar-refractivity contribution in [3.8, 4) is 11.1 Å². The summed E-state index contributed by atoms with van der Waals surface area (Å²) in [6.45, 7) is 3.86. The molecule has 0 heterocycles. The Bertz CT molecular complexity index is 1080. The minimum absolute atomic E-state index is 0.224. The van der Waals surface area contributed by atoms with Crippen molar-refractivity contribution in [3.63, 3.8) is 0 Å². The van der Waals surface area contributed by atoms with E-state index in [-0.39, 0.29) is 5.56 Å². The molecule has 2 aromatic rings. The van der Waals surface area contributed by atoms with Crippen LogP contribution < -0.4 is 16.0 Å². The molecule has 5 N–H and O–H groups in total. The molecule has 36 heavy (non-hydrogen) atoms. The Morgan fingerprint density at radius 3 is 2.08 bits per heavy atom. The van der Waals surface area contributed by atoms with Crippen LogP contribution in [0.4, 0.5) is 10.5 Å². The first-order valence-electron chi connectivity index (χ1n) is 11.1. The summed E-state index contributed by atoms with van der Waals surface area (Å²) in [5, 5.41) is 26.1. The maximum atomic E-state index is 12.7. The number of esters is 1. The van der Waals surface area contributed by atoms with Gasteiger partial charge in [-0.15, -0.1) is 0 Å². The van der Waals surface area contributed by atoms with Crippen LogP contribution in [0.2, 0.25) is 0 Å². The zero-order chi connectivity index (χ0) is 26.9. The first-order chi connectivity index (χ1) is 17.0. The van der Waals surface area contributed by atoms with Crippen LogP contribution in [0.1, 0.15) is 31.1 Å². The van der Waals surface area contributed by atoms with Gasteiger partial charge in [0.2, 0.25) is 5.91 Å². The highest BCUT2D eigenvalue weighted by Crippen LogP contribution is 2.23. The van der Waals surface area contributed by atoms with Gasteiger partial charge in [-0.1, -0.05) is 24.3 Å². The molecule has 11 nitrogen and oxygen atoms in total. The molecule has 0 bridgehead atoms. The van der Waals surface area contributed by atoms with E-state index in [0.717, 1.165) is 12.7 Å². The molecule has 2 rings (SSSR count). The molecule has 2 aromatic carbocycles. The third-order valence-corrected chi connectivity index (χ3v) is 4.78. The van der Waals surface area contributed by atoms with Crippen molar-refractivity contribution in [3.05, 3.63) is 54.1 Å². The minimum Gasteiger partial charge on any atom is -0.467 e. The second kappa shape index (κ2) is 12.7. The van der Waals surface area contributed by atoms with Gasteiger partial charge in [-0.25, -0.2) is 9.59 Å². The Hall–Kier alpha value is -3.96. The first kappa shape index (κ1) is 28.3. The van der Waals surface area contributed by atoms with Crippen LogP contribution in [0.5, 0.6) is 0 Å². The van der Waals surface area contributed by atoms with Gasteiger partial charge >= 0.3 is 12.1 Å². The van der Waals surface area contributed by atoms with E-state index in [4.69, 9.17) is 4.74 Å². The van der Waals surface area contributed by atoms with Crippen molar-refractivity contribution in [2.75, 3.05) is 25.6 Å². The number of rotatable bonds is 9. The topological polar surface area (TPSA) is 163 Å². The molecule has 0 spiro atoms. The molecule has 0 saturated heterocycles. The highest BCUT2D eigenvalue weighted by molar-refractivity contribution is 5.99. The van der Waals surface area contributed by atoms with Crippen molar-refractivity contribution >= 4 is 29.6 Å². The molecule has 0 aromatic heterocycles. The summed E-state index contributed by atoms with van der Waals surface area (Å²) in [5.74, 6) is -2.36. The third kappa shape index (κ3) is 8.36. The SMILES string of the molecule is COC(=O)[C@H](CO)NC(=O)[C@H](CO)NC(=O)c1cccc(-c2ccc(NC(=O)OC(C)(C)C)cc2)c1. The summed E-state index contributed by atoms with van der Waals surface area (Å²) in [7, 11) is 1.10. The second-order valence-corrected chi connectivity index (χ2v) is 8.76. The fourth-order valence-electron chi connectivity index (χ4n) is 3.04. The van der Waals surface area contributed by atoms with E-state index in [1.807, 2.05) is 0 Å². The quantitative estimate of drug-likeness (QED) is 0.322. The molecular formula is C25H31N3O8. The normalized spacial score (nSPS) is 12.6. The molecule has 0 aliphatic rings. The fraction of sp³-hybridized carbons (Fsp3) is 0.360. The van der Waals surface area contributed by atoms with Gasteiger partial charge in [0.05, 0.1) is 20.3 Å². The molecule has 0 radical (unpaired) electrons. The van der Waals surface area contributed by atoms with Gasteiger partial charge in [-0.05, 0) is 56.2 Å². The predicted molar refractivity (Wildman–Crippen MR) is 131 cm³/mol. The van der Waals surface area contributed by atoms with Crippen molar-refractivity contribution in [1.82, 2.24) is 10.6 Å². The average Bonchev–Trinajstić information content (AvgIpc) is 2.84. The summed E-state index contributed by atoms with van der Waals surface area (Å²) in [5.41, 5.74) is 1.60. The lowest BCUT2D eigenvalue weighted by atomic mass is 10.0. The molecule has 0 fully saturated rings. The van der Waals surface area contributed by atoms with Gasteiger partial charge in [0, 0.05) is 11.3 Å². The van der Waals surface area contributed by atoms with E-state index >= 15 is 0 Å². The predicted octanol–water partition coefficient (Wildman–Crippen LogP) is 1.44. The first-order valence-corrected chi connectivity index (χ1v) is 11.1.